The maximum Gasteiger partial charge on any atom is 0.276 e. The molecule has 1 atom stereocenters. The van der Waals surface area contributed by atoms with Crippen LogP contribution in [0.25, 0.3) is 0 Å². The van der Waals surface area contributed by atoms with E-state index in [-0.39, 0.29) is 18.4 Å². The topological polar surface area (TPSA) is 75.9 Å². The molecule has 0 N–H and O–H groups in total. The predicted octanol–water partition coefficient (Wildman–Crippen LogP) is 2.67. The average molecular weight is 383 g/mol. The lowest BCUT2D eigenvalue weighted by Gasteiger charge is -2.47. The Morgan fingerprint density at radius 2 is 2.07 bits per heavy atom. The first kappa shape index (κ1) is 18.7. The molecule has 2 aromatic rings. The second-order valence-electron chi connectivity index (χ2n) is 7.55. The number of nitrogens with zero attached hydrogens (tertiary/aromatic N) is 3. The van der Waals surface area contributed by atoms with Crippen molar-refractivity contribution in [2.75, 3.05) is 31.1 Å². The molecule has 1 spiro atoms. The Balaban J connectivity index is 1.50. The van der Waals surface area contributed by atoms with E-state index >= 15 is 0 Å². The summed E-state index contributed by atoms with van der Waals surface area (Å²) in [5, 5.41) is 3.95. The zero-order valence-corrected chi connectivity index (χ0v) is 16.1. The number of carbonyl (C=O) groups is 2. The van der Waals surface area contributed by atoms with Gasteiger partial charge in [-0.15, -0.1) is 0 Å². The SMILES string of the molecule is CCCc1cc(C(=O)N2CCCC3(C2)CN(c2ccccc2)C(=O)CO3)no1. The van der Waals surface area contributed by atoms with E-state index in [0.29, 0.717) is 25.3 Å². The third kappa shape index (κ3) is 3.67. The van der Waals surface area contributed by atoms with E-state index in [1.807, 2.05) is 30.3 Å². The van der Waals surface area contributed by atoms with Gasteiger partial charge < -0.3 is 19.1 Å². The van der Waals surface area contributed by atoms with Gasteiger partial charge in [0.2, 0.25) is 0 Å². The minimum absolute atomic E-state index is 0.0293. The molecule has 28 heavy (non-hydrogen) atoms. The van der Waals surface area contributed by atoms with Crippen molar-refractivity contribution in [1.82, 2.24) is 10.1 Å². The zero-order valence-electron chi connectivity index (χ0n) is 16.1. The van der Waals surface area contributed by atoms with Crippen molar-refractivity contribution in [3.05, 3.63) is 47.9 Å². The van der Waals surface area contributed by atoms with E-state index in [0.717, 1.165) is 37.1 Å². The van der Waals surface area contributed by atoms with Crippen LogP contribution in [0.2, 0.25) is 0 Å². The summed E-state index contributed by atoms with van der Waals surface area (Å²) in [6.45, 7) is 3.62. The molecule has 2 amide bonds. The van der Waals surface area contributed by atoms with Gasteiger partial charge >= 0.3 is 0 Å². The first-order valence-corrected chi connectivity index (χ1v) is 9.84. The van der Waals surface area contributed by atoms with E-state index in [4.69, 9.17) is 9.26 Å². The number of aromatic nitrogens is 1. The van der Waals surface area contributed by atoms with Crippen LogP contribution in [-0.4, -0.2) is 53.7 Å². The maximum atomic E-state index is 12.9. The quantitative estimate of drug-likeness (QED) is 0.811. The Kier molecular flexibility index (Phi) is 5.17. The van der Waals surface area contributed by atoms with Gasteiger partial charge in [-0.25, -0.2) is 0 Å². The van der Waals surface area contributed by atoms with Gasteiger partial charge in [-0.1, -0.05) is 30.3 Å². The minimum atomic E-state index is -0.548. The molecule has 148 valence electrons. The molecular weight excluding hydrogens is 358 g/mol. The third-order valence-electron chi connectivity index (χ3n) is 5.42. The number of morpholine rings is 1. The lowest BCUT2D eigenvalue weighted by atomic mass is 9.90. The molecular formula is C21H25N3O4. The van der Waals surface area contributed by atoms with E-state index < -0.39 is 5.60 Å². The molecule has 4 rings (SSSR count). The van der Waals surface area contributed by atoms with Gasteiger partial charge in [0.15, 0.2) is 5.69 Å². The molecule has 2 aliphatic heterocycles. The summed E-state index contributed by atoms with van der Waals surface area (Å²) < 4.78 is 11.3. The largest absolute Gasteiger partial charge is 0.361 e. The molecule has 0 saturated carbocycles. The highest BCUT2D eigenvalue weighted by molar-refractivity contribution is 5.95. The summed E-state index contributed by atoms with van der Waals surface area (Å²) >= 11 is 0. The van der Waals surface area contributed by atoms with Gasteiger partial charge in [0.05, 0.1) is 13.1 Å². The number of ether oxygens (including phenoxy) is 1. The van der Waals surface area contributed by atoms with Gasteiger partial charge in [0.1, 0.15) is 18.0 Å². The van der Waals surface area contributed by atoms with Crippen molar-refractivity contribution in [3.63, 3.8) is 0 Å². The third-order valence-corrected chi connectivity index (χ3v) is 5.42. The molecule has 2 fully saturated rings. The van der Waals surface area contributed by atoms with Gasteiger partial charge in [-0.05, 0) is 31.4 Å². The van der Waals surface area contributed by atoms with Crippen molar-refractivity contribution in [2.24, 2.45) is 0 Å². The van der Waals surface area contributed by atoms with Crippen molar-refractivity contribution in [3.8, 4) is 0 Å². The van der Waals surface area contributed by atoms with Crippen molar-refractivity contribution in [1.29, 1.82) is 0 Å². The Bertz CT molecular complexity index is 850. The van der Waals surface area contributed by atoms with Crippen LogP contribution in [0, 0.1) is 0 Å². The van der Waals surface area contributed by atoms with Crippen LogP contribution < -0.4 is 4.90 Å². The highest BCUT2D eigenvalue weighted by atomic mass is 16.5. The van der Waals surface area contributed by atoms with E-state index in [2.05, 4.69) is 12.1 Å². The number of hydrogen-bond donors (Lipinski definition) is 0. The van der Waals surface area contributed by atoms with Crippen molar-refractivity contribution >= 4 is 17.5 Å². The summed E-state index contributed by atoms with van der Waals surface area (Å²) in [5.41, 5.74) is 0.653. The van der Waals surface area contributed by atoms with Crippen LogP contribution in [0.4, 0.5) is 5.69 Å². The van der Waals surface area contributed by atoms with Crippen LogP contribution in [-0.2, 0) is 16.0 Å². The fourth-order valence-electron chi connectivity index (χ4n) is 4.02. The molecule has 7 nitrogen and oxygen atoms in total. The number of piperidine rings is 1. The van der Waals surface area contributed by atoms with Crippen LogP contribution in [0.15, 0.2) is 40.9 Å². The number of para-hydroxylation sites is 1. The number of amides is 2. The molecule has 3 heterocycles. The average Bonchev–Trinajstić information content (AvgIpc) is 3.19. The summed E-state index contributed by atoms with van der Waals surface area (Å²) in [5.74, 6) is 0.533. The first-order valence-electron chi connectivity index (χ1n) is 9.84. The molecule has 2 aliphatic rings. The highest BCUT2D eigenvalue weighted by Crippen LogP contribution is 2.32. The maximum absolute atomic E-state index is 12.9. The minimum Gasteiger partial charge on any atom is -0.361 e. The lowest BCUT2D eigenvalue weighted by molar-refractivity contribution is -0.144. The van der Waals surface area contributed by atoms with Crippen LogP contribution in [0.1, 0.15) is 42.4 Å². The van der Waals surface area contributed by atoms with Crippen molar-refractivity contribution in [2.45, 2.75) is 38.2 Å². The Morgan fingerprint density at radius 3 is 2.86 bits per heavy atom. The van der Waals surface area contributed by atoms with Gasteiger partial charge in [-0.3, -0.25) is 9.59 Å². The number of carbonyl (C=O) groups excluding carboxylic acids is 2. The summed E-state index contributed by atoms with van der Waals surface area (Å²) in [7, 11) is 0. The Morgan fingerprint density at radius 1 is 1.25 bits per heavy atom. The normalized spacial score (nSPS) is 22.7. The molecule has 7 heteroatoms. The van der Waals surface area contributed by atoms with E-state index in [9.17, 15) is 9.59 Å². The lowest BCUT2D eigenvalue weighted by Crippen LogP contribution is -2.62. The fraction of sp³-hybridized carbons (Fsp3) is 0.476. The fourth-order valence-corrected chi connectivity index (χ4v) is 4.02. The predicted molar refractivity (Wildman–Crippen MR) is 103 cm³/mol. The number of anilines is 1. The molecule has 1 unspecified atom stereocenters. The molecule has 1 aromatic carbocycles. The van der Waals surface area contributed by atoms with Crippen molar-refractivity contribution < 1.29 is 18.8 Å². The van der Waals surface area contributed by atoms with Gasteiger partial charge in [-0.2, -0.15) is 0 Å². The number of likely N-dealkylation sites (tertiary alicyclic amines) is 1. The summed E-state index contributed by atoms with van der Waals surface area (Å²) in [6.07, 6.45) is 3.34. The molecule has 0 bridgehead atoms. The first-order chi connectivity index (χ1) is 13.6. The van der Waals surface area contributed by atoms with Gasteiger partial charge in [0, 0.05) is 24.7 Å². The molecule has 1 aromatic heterocycles. The zero-order chi connectivity index (χ0) is 19.6. The standard InChI is InChI=1S/C21H25N3O4/c1-2-7-17-12-18(22-28-17)20(26)23-11-6-10-21(14-23)15-24(19(25)13-27-21)16-8-4-3-5-9-16/h3-5,8-9,12H,2,6-7,10-11,13-15H2,1H3. The Labute approximate surface area is 164 Å². The molecule has 0 aliphatic carbocycles. The summed E-state index contributed by atoms with van der Waals surface area (Å²) in [6, 6.07) is 11.3. The van der Waals surface area contributed by atoms with Crippen LogP contribution >= 0.6 is 0 Å². The number of hydrogen-bond acceptors (Lipinski definition) is 5. The number of rotatable bonds is 4. The molecule has 2 saturated heterocycles. The number of benzene rings is 1. The highest BCUT2D eigenvalue weighted by Gasteiger charge is 2.44. The monoisotopic (exact) mass is 383 g/mol. The van der Waals surface area contributed by atoms with Crippen LogP contribution in [0.5, 0.6) is 0 Å². The van der Waals surface area contributed by atoms with Gasteiger partial charge in [0.25, 0.3) is 11.8 Å². The van der Waals surface area contributed by atoms with E-state index in [1.165, 1.54) is 0 Å². The smallest absolute Gasteiger partial charge is 0.276 e. The summed E-state index contributed by atoms with van der Waals surface area (Å²) in [4.78, 5) is 28.9. The second-order valence-corrected chi connectivity index (χ2v) is 7.55. The second kappa shape index (κ2) is 7.75. The van der Waals surface area contributed by atoms with E-state index in [1.54, 1.807) is 15.9 Å². The number of aryl methyl sites for hydroxylation is 1. The Hall–Kier alpha value is -2.67. The van der Waals surface area contributed by atoms with Crippen LogP contribution in [0.3, 0.4) is 0 Å². The molecule has 0 radical (unpaired) electrons.